The Morgan fingerprint density at radius 2 is 1.77 bits per heavy atom. The highest BCUT2D eigenvalue weighted by molar-refractivity contribution is 7.92. The maximum Gasteiger partial charge on any atom is 0.248 e. The number of carbonyl (C=O) groups excluding carboxylic acids is 1. The van der Waals surface area contributed by atoms with Crippen molar-refractivity contribution in [3.05, 3.63) is 64.7 Å². The molecule has 0 spiro atoms. The fraction of sp³-hybridized carbons (Fsp3) is 0.250. The molecule has 0 heterocycles. The predicted molar refractivity (Wildman–Crippen MR) is 108 cm³/mol. The Hall–Kier alpha value is -2.60. The van der Waals surface area contributed by atoms with Crippen molar-refractivity contribution >= 4 is 33.4 Å². The van der Waals surface area contributed by atoms with Crippen molar-refractivity contribution < 1.29 is 13.2 Å². The van der Waals surface area contributed by atoms with Gasteiger partial charge in [0.1, 0.15) is 0 Å². The van der Waals surface area contributed by atoms with Crippen LogP contribution in [0.5, 0.6) is 0 Å². The molecule has 0 bridgehead atoms. The first kappa shape index (κ1) is 19.7. The Balaban J connectivity index is 2.07. The number of rotatable bonds is 6. The third-order valence-corrected chi connectivity index (χ3v) is 5.27. The zero-order valence-corrected chi connectivity index (χ0v) is 16.3. The van der Waals surface area contributed by atoms with Crippen LogP contribution in [0.25, 0.3) is 6.08 Å². The lowest BCUT2D eigenvalue weighted by molar-refractivity contribution is -0.111. The van der Waals surface area contributed by atoms with Crippen molar-refractivity contribution in [2.24, 2.45) is 0 Å². The molecule has 0 aliphatic rings. The van der Waals surface area contributed by atoms with Gasteiger partial charge in [-0.2, -0.15) is 0 Å². The van der Waals surface area contributed by atoms with Crippen LogP contribution in [0.2, 0.25) is 0 Å². The average molecular weight is 372 g/mol. The first-order valence-corrected chi connectivity index (χ1v) is 10.0. The molecule has 0 fully saturated rings. The summed E-state index contributed by atoms with van der Waals surface area (Å²) >= 11 is 0. The molecule has 5 nitrogen and oxygen atoms in total. The number of carbonyl (C=O) groups is 1. The van der Waals surface area contributed by atoms with Crippen molar-refractivity contribution in [3.8, 4) is 0 Å². The molecule has 2 aromatic rings. The molecule has 1 amide bonds. The maximum atomic E-state index is 12.1. The second kappa shape index (κ2) is 8.19. The minimum Gasteiger partial charge on any atom is -0.323 e. The molecule has 2 rings (SSSR count). The summed E-state index contributed by atoms with van der Waals surface area (Å²) in [6, 6.07) is 11.1. The van der Waals surface area contributed by atoms with E-state index < -0.39 is 10.0 Å². The van der Waals surface area contributed by atoms with Gasteiger partial charge in [-0.3, -0.25) is 9.52 Å². The van der Waals surface area contributed by atoms with Gasteiger partial charge in [0.2, 0.25) is 15.9 Å². The van der Waals surface area contributed by atoms with Crippen molar-refractivity contribution in [3.63, 3.8) is 0 Å². The predicted octanol–water partition coefficient (Wildman–Crippen LogP) is 4.03. The second-order valence-electron chi connectivity index (χ2n) is 6.22. The topological polar surface area (TPSA) is 75.3 Å². The Morgan fingerprint density at radius 3 is 2.38 bits per heavy atom. The Bertz CT molecular complexity index is 948. The van der Waals surface area contributed by atoms with Crippen LogP contribution in [-0.2, 0) is 14.8 Å². The summed E-state index contributed by atoms with van der Waals surface area (Å²) in [4.78, 5) is 12.1. The van der Waals surface area contributed by atoms with Crippen molar-refractivity contribution in [1.82, 2.24) is 0 Å². The molecule has 2 aromatic carbocycles. The van der Waals surface area contributed by atoms with Crippen LogP contribution in [0.3, 0.4) is 0 Å². The van der Waals surface area contributed by atoms with Gasteiger partial charge in [-0.25, -0.2) is 8.42 Å². The summed E-state index contributed by atoms with van der Waals surface area (Å²) in [5.41, 5.74) is 5.13. The van der Waals surface area contributed by atoms with E-state index in [0.29, 0.717) is 11.4 Å². The van der Waals surface area contributed by atoms with Gasteiger partial charge in [0, 0.05) is 11.8 Å². The molecule has 0 aliphatic carbocycles. The van der Waals surface area contributed by atoms with Gasteiger partial charge >= 0.3 is 0 Å². The molecular formula is C20H24N2O3S. The summed E-state index contributed by atoms with van der Waals surface area (Å²) in [7, 11) is -3.33. The highest BCUT2D eigenvalue weighted by Gasteiger charge is 2.09. The van der Waals surface area contributed by atoms with E-state index in [1.54, 1.807) is 38.1 Å². The smallest absolute Gasteiger partial charge is 0.248 e. The largest absolute Gasteiger partial charge is 0.323 e. The Kier molecular flexibility index (Phi) is 6.21. The van der Waals surface area contributed by atoms with Gasteiger partial charge < -0.3 is 5.32 Å². The van der Waals surface area contributed by atoms with E-state index in [1.165, 1.54) is 11.6 Å². The van der Waals surface area contributed by atoms with E-state index in [1.807, 2.05) is 26.0 Å². The molecule has 0 aromatic heterocycles. The number of aryl methyl sites for hydroxylation is 3. The van der Waals surface area contributed by atoms with Crippen LogP contribution in [0, 0.1) is 20.8 Å². The molecule has 0 radical (unpaired) electrons. The highest BCUT2D eigenvalue weighted by Crippen LogP contribution is 2.21. The fourth-order valence-corrected chi connectivity index (χ4v) is 3.17. The van der Waals surface area contributed by atoms with E-state index in [0.717, 1.165) is 16.7 Å². The number of benzene rings is 2. The van der Waals surface area contributed by atoms with Crippen molar-refractivity contribution in [2.75, 3.05) is 15.8 Å². The third kappa shape index (κ3) is 5.46. The molecule has 6 heteroatoms. The van der Waals surface area contributed by atoms with Gasteiger partial charge in [-0.05, 0) is 68.7 Å². The van der Waals surface area contributed by atoms with E-state index in [4.69, 9.17) is 0 Å². The number of anilines is 2. The number of amides is 1. The first-order valence-electron chi connectivity index (χ1n) is 8.37. The standard InChI is InChI=1S/C20H24N2O3S/c1-5-26(24,25)22-19-10-9-18(13-16(19)4)21-20(23)11-8-17-7-6-14(2)12-15(17)3/h6-13,22H,5H2,1-4H3,(H,21,23). The van der Waals surface area contributed by atoms with E-state index in [9.17, 15) is 13.2 Å². The molecule has 138 valence electrons. The second-order valence-corrected chi connectivity index (χ2v) is 8.23. The fourth-order valence-electron chi connectivity index (χ4n) is 2.46. The summed E-state index contributed by atoms with van der Waals surface area (Å²) in [5, 5.41) is 2.78. The highest BCUT2D eigenvalue weighted by atomic mass is 32.2. The van der Waals surface area contributed by atoms with Gasteiger partial charge in [0.15, 0.2) is 0 Å². The minimum atomic E-state index is -3.33. The Labute approximate surface area is 155 Å². The number of hydrogen-bond acceptors (Lipinski definition) is 3. The van der Waals surface area contributed by atoms with Crippen LogP contribution in [0.15, 0.2) is 42.5 Å². The summed E-state index contributed by atoms with van der Waals surface area (Å²) in [6.07, 6.45) is 3.27. The minimum absolute atomic E-state index is 0.00808. The summed E-state index contributed by atoms with van der Waals surface area (Å²) in [5.74, 6) is -0.236. The summed E-state index contributed by atoms with van der Waals surface area (Å²) < 4.78 is 25.8. The normalized spacial score (nSPS) is 11.5. The lowest BCUT2D eigenvalue weighted by Gasteiger charge is -2.11. The lowest BCUT2D eigenvalue weighted by atomic mass is 10.1. The van der Waals surface area contributed by atoms with Crippen LogP contribution in [0.1, 0.15) is 29.2 Å². The van der Waals surface area contributed by atoms with Crippen molar-refractivity contribution in [1.29, 1.82) is 0 Å². The first-order chi connectivity index (χ1) is 12.2. The quantitative estimate of drug-likeness (QED) is 0.752. The SMILES string of the molecule is CCS(=O)(=O)Nc1ccc(NC(=O)C=Cc2ccc(C)cc2C)cc1C. The van der Waals surface area contributed by atoms with E-state index in [2.05, 4.69) is 16.1 Å². The van der Waals surface area contributed by atoms with Crippen LogP contribution in [-0.4, -0.2) is 20.1 Å². The molecule has 0 atom stereocenters. The number of hydrogen-bond donors (Lipinski definition) is 2. The molecule has 0 saturated carbocycles. The third-order valence-electron chi connectivity index (χ3n) is 3.98. The van der Waals surface area contributed by atoms with Crippen molar-refractivity contribution in [2.45, 2.75) is 27.7 Å². The number of sulfonamides is 1. The molecule has 0 unspecified atom stereocenters. The molecular weight excluding hydrogens is 348 g/mol. The monoisotopic (exact) mass is 372 g/mol. The molecule has 26 heavy (non-hydrogen) atoms. The average Bonchev–Trinajstić information content (AvgIpc) is 2.56. The molecule has 0 aliphatic heterocycles. The van der Waals surface area contributed by atoms with E-state index >= 15 is 0 Å². The van der Waals surface area contributed by atoms with Gasteiger partial charge in [-0.15, -0.1) is 0 Å². The Morgan fingerprint density at radius 1 is 1.04 bits per heavy atom. The van der Waals surface area contributed by atoms with Crippen LogP contribution < -0.4 is 10.0 Å². The van der Waals surface area contributed by atoms with Gasteiger partial charge in [0.25, 0.3) is 0 Å². The maximum absolute atomic E-state index is 12.1. The molecule has 0 saturated heterocycles. The van der Waals surface area contributed by atoms with Crippen LogP contribution >= 0.6 is 0 Å². The van der Waals surface area contributed by atoms with Gasteiger partial charge in [0.05, 0.1) is 11.4 Å². The zero-order valence-electron chi connectivity index (χ0n) is 15.5. The lowest BCUT2D eigenvalue weighted by Crippen LogP contribution is -2.15. The number of nitrogens with one attached hydrogen (secondary N) is 2. The van der Waals surface area contributed by atoms with E-state index in [-0.39, 0.29) is 11.7 Å². The summed E-state index contributed by atoms with van der Waals surface area (Å²) in [6.45, 7) is 7.40. The molecule has 2 N–H and O–H groups in total. The van der Waals surface area contributed by atoms with Crippen LogP contribution in [0.4, 0.5) is 11.4 Å². The zero-order chi connectivity index (χ0) is 19.3. The van der Waals surface area contributed by atoms with Gasteiger partial charge in [-0.1, -0.05) is 23.8 Å².